The molecule has 0 saturated carbocycles. The molecule has 0 radical (unpaired) electrons. The van der Waals surface area contributed by atoms with Crippen LogP contribution in [-0.2, 0) is 4.74 Å². The number of nitrogens with zero attached hydrogens (tertiary/aromatic N) is 1. The normalized spacial score (nSPS) is 22.1. The first kappa shape index (κ1) is 13.5. The van der Waals surface area contributed by atoms with Gasteiger partial charge in [0.2, 0.25) is 0 Å². The van der Waals surface area contributed by atoms with E-state index in [2.05, 4.69) is 4.90 Å². The highest BCUT2D eigenvalue weighted by molar-refractivity contribution is 5.17. The van der Waals surface area contributed by atoms with Crippen LogP contribution in [0, 0.1) is 0 Å². The van der Waals surface area contributed by atoms with Crippen LogP contribution in [-0.4, -0.2) is 42.9 Å². The summed E-state index contributed by atoms with van der Waals surface area (Å²) >= 11 is 0. The number of hydrogen-bond donors (Lipinski definition) is 1. The maximum Gasteiger partial charge on any atom is 0.0916 e. The molecule has 18 heavy (non-hydrogen) atoms. The number of rotatable bonds is 5. The number of ether oxygens (including phenoxy) is 1. The van der Waals surface area contributed by atoms with Crippen molar-refractivity contribution in [3.63, 3.8) is 0 Å². The predicted octanol–water partition coefficient (Wildman–Crippen LogP) is 2.22. The molecule has 1 aromatic carbocycles. The van der Waals surface area contributed by atoms with E-state index in [9.17, 15) is 5.11 Å². The molecule has 1 aromatic rings. The van der Waals surface area contributed by atoms with Gasteiger partial charge in [0, 0.05) is 19.7 Å². The van der Waals surface area contributed by atoms with Crippen molar-refractivity contribution in [1.82, 2.24) is 4.90 Å². The van der Waals surface area contributed by atoms with Crippen LogP contribution in [0.15, 0.2) is 30.3 Å². The Labute approximate surface area is 109 Å². The molecule has 0 bridgehead atoms. The molecule has 0 aromatic heterocycles. The number of aliphatic hydroxyl groups excluding tert-OH is 1. The van der Waals surface area contributed by atoms with E-state index in [-0.39, 0.29) is 0 Å². The molecule has 0 amide bonds. The third kappa shape index (κ3) is 4.09. The summed E-state index contributed by atoms with van der Waals surface area (Å²) in [5, 5.41) is 10.1. The van der Waals surface area contributed by atoms with E-state index in [1.807, 2.05) is 37.4 Å². The summed E-state index contributed by atoms with van der Waals surface area (Å²) in [4.78, 5) is 2.16. The van der Waals surface area contributed by atoms with Crippen LogP contribution < -0.4 is 0 Å². The fraction of sp³-hybridized carbons (Fsp3) is 0.600. The van der Waals surface area contributed by atoms with Crippen LogP contribution in [0.25, 0.3) is 0 Å². The zero-order valence-electron chi connectivity index (χ0n) is 11.1. The number of hydrogen-bond acceptors (Lipinski definition) is 3. The average molecular weight is 249 g/mol. The van der Waals surface area contributed by atoms with Crippen molar-refractivity contribution in [3.8, 4) is 0 Å². The van der Waals surface area contributed by atoms with Gasteiger partial charge in [-0.15, -0.1) is 0 Å². The van der Waals surface area contributed by atoms with Crippen molar-refractivity contribution in [3.05, 3.63) is 35.9 Å². The van der Waals surface area contributed by atoms with Gasteiger partial charge in [-0.2, -0.15) is 0 Å². The lowest BCUT2D eigenvalue weighted by atomic mass is 10.1. The summed E-state index contributed by atoms with van der Waals surface area (Å²) in [5.41, 5.74) is 0.980. The molecule has 1 heterocycles. The minimum Gasteiger partial charge on any atom is -0.387 e. The summed E-state index contributed by atoms with van der Waals surface area (Å²) < 4.78 is 5.71. The van der Waals surface area contributed by atoms with E-state index in [1.165, 1.54) is 12.8 Å². The Morgan fingerprint density at radius 3 is 2.78 bits per heavy atom. The van der Waals surface area contributed by atoms with Crippen molar-refractivity contribution in [2.24, 2.45) is 0 Å². The van der Waals surface area contributed by atoms with Gasteiger partial charge in [0.15, 0.2) is 0 Å². The van der Waals surface area contributed by atoms with Crippen LogP contribution in [0.3, 0.4) is 0 Å². The summed E-state index contributed by atoms with van der Waals surface area (Å²) in [7, 11) is 2.05. The van der Waals surface area contributed by atoms with Crippen molar-refractivity contribution < 1.29 is 9.84 Å². The van der Waals surface area contributed by atoms with E-state index >= 15 is 0 Å². The standard InChI is InChI=1S/C15H23NO2/c1-16(11-14-9-5-6-10-18-14)12-15(17)13-7-3-2-4-8-13/h2-4,7-8,14-15,17H,5-6,9-12H2,1H3. The molecule has 1 saturated heterocycles. The molecule has 1 aliphatic heterocycles. The lowest BCUT2D eigenvalue weighted by Crippen LogP contribution is -2.35. The SMILES string of the molecule is CN(CC1CCCCO1)CC(O)c1ccccc1. The third-order valence-electron chi connectivity index (χ3n) is 3.46. The van der Waals surface area contributed by atoms with E-state index in [0.29, 0.717) is 12.6 Å². The molecule has 2 rings (SSSR count). The van der Waals surface area contributed by atoms with E-state index < -0.39 is 6.10 Å². The summed E-state index contributed by atoms with van der Waals surface area (Å²) in [6.07, 6.45) is 3.52. The average Bonchev–Trinajstić information content (AvgIpc) is 2.40. The smallest absolute Gasteiger partial charge is 0.0916 e. The molecule has 100 valence electrons. The van der Waals surface area contributed by atoms with Crippen LogP contribution >= 0.6 is 0 Å². The van der Waals surface area contributed by atoms with Gasteiger partial charge in [0.25, 0.3) is 0 Å². The first-order valence-electron chi connectivity index (χ1n) is 6.79. The second-order valence-electron chi connectivity index (χ2n) is 5.14. The van der Waals surface area contributed by atoms with E-state index in [1.54, 1.807) is 0 Å². The van der Waals surface area contributed by atoms with Crippen molar-refractivity contribution in [2.45, 2.75) is 31.5 Å². The van der Waals surface area contributed by atoms with E-state index in [0.717, 1.165) is 25.1 Å². The lowest BCUT2D eigenvalue weighted by Gasteiger charge is -2.28. The van der Waals surface area contributed by atoms with Gasteiger partial charge < -0.3 is 14.7 Å². The molecule has 2 atom stereocenters. The second-order valence-corrected chi connectivity index (χ2v) is 5.14. The second kappa shape index (κ2) is 6.88. The van der Waals surface area contributed by atoms with Crippen molar-refractivity contribution in [1.29, 1.82) is 0 Å². The van der Waals surface area contributed by atoms with Gasteiger partial charge in [-0.3, -0.25) is 0 Å². The van der Waals surface area contributed by atoms with Gasteiger partial charge in [0.05, 0.1) is 12.2 Å². The Morgan fingerprint density at radius 1 is 1.33 bits per heavy atom. The monoisotopic (exact) mass is 249 g/mol. The largest absolute Gasteiger partial charge is 0.387 e. The summed E-state index contributed by atoms with van der Waals surface area (Å²) in [5.74, 6) is 0. The minimum absolute atomic E-state index is 0.340. The zero-order valence-corrected chi connectivity index (χ0v) is 11.1. The fourth-order valence-corrected chi connectivity index (χ4v) is 2.45. The molecule has 1 aliphatic rings. The topological polar surface area (TPSA) is 32.7 Å². The van der Waals surface area contributed by atoms with Gasteiger partial charge in [0.1, 0.15) is 0 Å². The zero-order chi connectivity index (χ0) is 12.8. The molecule has 2 unspecified atom stereocenters. The Bertz CT molecular complexity index is 336. The van der Waals surface area contributed by atoms with E-state index in [4.69, 9.17) is 4.74 Å². The first-order valence-corrected chi connectivity index (χ1v) is 6.79. The Balaban J connectivity index is 1.78. The summed E-state index contributed by atoms with van der Waals surface area (Å²) in [6.45, 7) is 2.45. The van der Waals surface area contributed by atoms with Crippen LogP contribution in [0.1, 0.15) is 30.9 Å². The fourth-order valence-electron chi connectivity index (χ4n) is 2.45. The van der Waals surface area contributed by atoms with Crippen molar-refractivity contribution >= 4 is 0 Å². The highest BCUT2D eigenvalue weighted by atomic mass is 16.5. The maximum atomic E-state index is 10.1. The minimum atomic E-state index is -0.417. The van der Waals surface area contributed by atoms with Crippen LogP contribution in [0.2, 0.25) is 0 Å². The molecule has 3 heteroatoms. The molecule has 3 nitrogen and oxygen atoms in total. The summed E-state index contributed by atoms with van der Waals surface area (Å²) in [6, 6.07) is 9.83. The van der Waals surface area contributed by atoms with Gasteiger partial charge in [-0.1, -0.05) is 30.3 Å². The third-order valence-corrected chi connectivity index (χ3v) is 3.46. The van der Waals surface area contributed by atoms with Crippen molar-refractivity contribution in [2.75, 3.05) is 26.7 Å². The Hall–Kier alpha value is -0.900. The van der Waals surface area contributed by atoms with Crippen LogP contribution in [0.4, 0.5) is 0 Å². The van der Waals surface area contributed by atoms with Gasteiger partial charge in [-0.05, 0) is 31.9 Å². The molecule has 1 fully saturated rings. The van der Waals surface area contributed by atoms with Gasteiger partial charge in [-0.25, -0.2) is 0 Å². The molecule has 0 aliphatic carbocycles. The van der Waals surface area contributed by atoms with Gasteiger partial charge >= 0.3 is 0 Å². The predicted molar refractivity (Wildman–Crippen MR) is 72.5 cm³/mol. The van der Waals surface area contributed by atoms with Crippen LogP contribution in [0.5, 0.6) is 0 Å². The molecular formula is C15H23NO2. The maximum absolute atomic E-state index is 10.1. The number of likely N-dealkylation sites (N-methyl/N-ethyl adjacent to an activating group) is 1. The number of aliphatic hydroxyl groups is 1. The highest BCUT2D eigenvalue weighted by Crippen LogP contribution is 2.16. The molecule has 1 N–H and O–H groups in total. The lowest BCUT2D eigenvalue weighted by molar-refractivity contribution is -0.00795. The first-order chi connectivity index (χ1) is 8.75. The Kier molecular flexibility index (Phi) is 5.17. The molecular weight excluding hydrogens is 226 g/mol. The molecule has 0 spiro atoms. The quantitative estimate of drug-likeness (QED) is 0.868. The Morgan fingerprint density at radius 2 is 2.11 bits per heavy atom. The highest BCUT2D eigenvalue weighted by Gasteiger charge is 2.17. The number of benzene rings is 1.